The molecule has 0 N–H and O–H groups in total. The summed E-state index contributed by atoms with van der Waals surface area (Å²) in [6.45, 7) is 15.7. The third-order valence-corrected chi connectivity index (χ3v) is 2.90. The third kappa shape index (κ3) is 5.74. The van der Waals surface area contributed by atoms with Crippen LogP contribution in [0.3, 0.4) is 0 Å². The van der Waals surface area contributed by atoms with Crippen molar-refractivity contribution in [3.8, 4) is 0 Å². The zero-order valence-electron chi connectivity index (χ0n) is 15.1. The van der Waals surface area contributed by atoms with Gasteiger partial charge in [0.25, 0.3) is 0 Å². The van der Waals surface area contributed by atoms with E-state index in [0.717, 1.165) is 22.1 Å². The van der Waals surface area contributed by atoms with Gasteiger partial charge < -0.3 is 4.42 Å². The average molecular weight is 312 g/mol. The van der Waals surface area contributed by atoms with Gasteiger partial charge in [0.1, 0.15) is 5.58 Å². The van der Waals surface area contributed by atoms with Crippen molar-refractivity contribution in [1.82, 2.24) is 0 Å². The second-order valence-corrected chi connectivity index (χ2v) is 4.33. The summed E-state index contributed by atoms with van der Waals surface area (Å²) >= 11 is 0. The van der Waals surface area contributed by atoms with E-state index in [9.17, 15) is 4.79 Å². The first-order chi connectivity index (χ1) is 11.2. The summed E-state index contributed by atoms with van der Waals surface area (Å²) in [6.07, 6.45) is 7.53. The van der Waals surface area contributed by atoms with E-state index in [2.05, 4.69) is 6.58 Å². The Balaban J connectivity index is 0.00000112. The molecule has 0 fully saturated rings. The molecule has 0 bridgehead atoms. The van der Waals surface area contributed by atoms with Crippen molar-refractivity contribution < 1.29 is 4.42 Å². The summed E-state index contributed by atoms with van der Waals surface area (Å²) in [5, 5.41) is 0.917. The lowest BCUT2D eigenvalue weighted by molar-refractivity contribution is 0.560. The first kappa shape index (κ1) is 20.7. The molecule has 2 nitrogen and oxygen atoms in total. The topological polar surface area (TPSA) is 30.2 Å². The molecular formula is C21H28O2. The number of aryl methyl sites for hydroxylation is 1. The van der Waals surface area contributed by atoms with Crippen LogP contribution in [-0.2, 0) is 0 Å². The van der Waals surface area contributed by atoms with E-state index in [1.807, 2.05) is 78.0 Å². The zero-order chi connectivity index (χ0) is 17.8. The monoisotopic (exact) mass is 312 g/mol. The summed E-state index contributed by atoms with van der Waals surface area (Å²) in [5.41, 5.74) is 3.07. The maximum atomic E-state index is 11.7. The average Bonchev–Trinajstić information content (AvgIpc) is 2.58. The quantitative estimate of drug-likeness (QED) is 0.492. The minimum Gasteiger partial charge on any atom is -0.423 e. The Morgan fingerprint density at radius 3 is 2.35 bits per heavy atom. The smallest absolute Gasteiger partial charge is 0.336 e. The third-order valence-electron chi connectivity index (χ3n) is 2.90. The van der Waals surface area contributed by atoms with E-state index in [0.29, 0.717) is 5.58 Å². The Bertz CT molecular complexity index is 731. The van der Waals surface area contributed by atoms with Gasteiger partial charge in [-0.05, 0) is 36.6 Å². The number of rotatable bonds is 3. The summed E-state index contributed by atoms with van der Waals surface area (Å²) in [5.74, 6) is 0. The van der Waals surface area contributed by atoms with Gasteiger partial charge in [0.15, 0.2) is 0 Å². The lowest BCUT2D eigenvalue weighted by Gasteiger charge is -2.06. The largest absolute Gasteiger partial charge is 0.423 e. The molecule has 1 aromatic heterocycles. The summed E-state index contributed by atoms with van der Waals surface area (Å²) < 4.78 is 5.25. The second-order valence-electron chi connectivity index (χ2n) is 4.33. The number of allylic oxidation sites excluding steroid dienone is 5. The number of fused-ring (bicyclic) bond motifs is 1. The van der Waals surface area contributed by atoms with Crippen LogP contribution in [0.4, 0.5) is 0 Å². The summed E-state index contributed by atoms with van der Waals surface area (Å²) in [4.78, 5) is 11.7. The van der Waals surface area contributed by atoms with E-state index in [1.165, 1.54) is 6.07 Å². The highest BCUT2D eigenvalue weighted by molar-refractivity contribution is 5.93. The van der Waals surface area contributed by atoms with Crippen molar-refractivity contribution in [2.24, 2.45) is 0 Å². The van der Waals surface area contributed by atoms with Crippen LogP contribution < -0.4 is 5.63 Å². The standard InChI is InChI=1S/C17H16O2.2C2H6/c1-4-6-7-13(5-2)15-11-17(18)19-16-10-12(3)8-9-14(15)16;2*1-2/h4-11H,2H2,1,3H3;2*1-2H3/b6-4-,13-7+;;. The molecule has 0 radical (unpaired) electrons. The predicted molar refractivity (Wildman–Crippen MR) is 103 cm³/mol. The highest BCUT2D eigenvalue weighted by Gasteiger charge is 2.07. The molecule has 0 amide bonds. The van der Waals surface area contributed by atoms with E-state index in [4.69, 9.17) is 4.42 Å². The first-order valence-corrected chi connectivity index (χ1v) is 8.16. The van der Waals surface area contributed by atoms with Gasteiger partial charge in [-0.1, -0.05) is 70.7 Å². The van der Waals surface area contributed by atoms with Gasteiger partial charge in [-0.2, -0.15) is 0 Å². The van der Waals surface area contributed by atoms with Crippen LogP contribution in [0.15, 0.2) is 64.4 Å². The van der Waals surface area contributed by atoms with Crippen molar-refractivity contribution in [2.75, 3.05) is 0 Å². The first-order valence-electron chi connectivity index (χ1n) is 8.16. The molecular weight excluding hydrogens is 284 g/mol. The van der Waals surface area contributed by atoms with Crippen molar-refractivity contribution in [3.63, 3.8) is 0 Å². The Morgan fingerprint density at radius 2 is 1.78 bits per heavy atom. The van der Waals surface area contributed by atoms with Gasteiger partial charge >= 0.3 is 5.63 Å². The summed E-state index contributed by atoms with van der Waals surface area (Å²) in [6, 6.07) is 7.35. The molecule has 2 heteroatoms. The molecule has 0 unspecified atom stereocenters. The van der Waals surface area contributed by atoms with Gasteiger partial charge in [-0.15, -0.1) is 0 Å². The predicted octanol–water partition coefficient (Wildman–Crippen LogP) is 6.30. The van der Waals surface area contributed by atoms with Crippen LogP contribution in [0.5, 0.6) is 0 Å². The molecule has 0 saturated carbocycles. The number of hydrogen-bond acceptors (Lipinski definition) is 2. The van der Waals surface area contributed by atoms with E-state index in [-0.39, 0.29) is 5.63 Å². The Morgan fingerprint density at radius 1 is 1.13 bits per heavy atom. The fourth-order valence-corrected chi connectivity index (χ4v) is 1.98. The fourth-order valence-electron chi connectivity index (χ4n) is 1.98. The highest BCUT2D eigenvalue weighted by Crippen LogP contribution is 2.25. The lowest BCUT2D eigenvalue weighted by atomic mass is 10.0. The Kier molecular flexibility index (Phi) is 10.1. The van der Waals surface area contributed by atoms with Gasteiger partial charge in [-0.25, -0.2) is 4.79 Å². The molecule has 0 aliphatic carbocycles. The van der Waals surface area contributed by atoms with Gasteiger partial charge in [0.2, 0.25) is 0 Å². The number of hydrogen-bond donors (Lipinski definition) is 0. The highest BCUT2D eigenvalue weighted by atomic mass is 16.4. The molecule has 0 aliphatic rings. The SMILES string of the molecule is C=C/C(=C\C=C/C)c1cc(=O)oc2cc(C)ccc12.CC.CC. The van der Waals surface area contributed by atoms with Crippen molar-refractivity contribution in [3.05, 3.63) is 76.7 Å². The summed E-state index contributed by atoms with van der Waals surface area (Å²) in [7, 11) is 0. The van der Waals surface area contributed by atoms with Crippen LogP contribution in [-0.4, -0.2) is 0 Å². The van der Waals surface area contributed by atoms with Crippen LogP contribution >= 0.6 is 0 Å². The maximum absolute atomic E-state index is 11.7. The van der Waals surface area contributed by atoms with Crippen molar-refractivity contribution in [2.45, 2.75) is 41.5 Å². The normalized spacial score (nSPS) is 10.6. The van der Waals surface area contributed by atoms with Gasteiger partial charge in [0.05, 0.1) is 0 Å². The number of benzene rings is 1. The molecule has 1 aromatic carbocycles. The molecule has 0 saturated heterocycles. The van der Waals surface area contributed by atoms with Crippen LogP contribution in [0.2, 0.25) is 0 Å². The molecule has 0 aliphatic heterocycles. The molecule has 124 valence electrons. The van der Waals surface area contributed by atoms with Crippen LogP contribution in [0, 0.1) is 6.92 Å². The van der Waals surface area contributed by atoms with E-state index < -0.39 is 0 Å². The molecule has 2 aromatic rings. The molecule has 2 rings (SSSR count). The Labute approximate surface area is 139 Å². The zero-order valence-corrected chi connectivity index (χ0v) is 15.1. The molecule has 0 spiro atoms. The fraction of sp³-hybridized carbons (Fsp3) is 0.286. The Hall–Kier alpha value is -2.35. The van der Waals surface area contributed by atoms with Crippen molar-refractivity contribution in [1.29, 1.82) is 0 Å². The van der Waals surface area contributed by atoms with Crippen molar-refractivity contribution >= 4 is 16.5 Å². The minimum atomic E-state index is -0.346. The van der Waals surface area contributed by atoms with Gasteiger partial charge in [-0.3, -0.25) is 0 Å². The lowest BCUT2D eigenvalue weighted by Crippen LogP contribution is -2.00. The maximum Gasteiger partial charge on any atom is 0.336 e. The second kappa shape index (κ2) is 11.2. The van der Waals surface area contributed by atoms with Gasteiger partial charge in [0, 0.05) is 11.5 Å². The minimum absolute atomic E-state index is 0.346. The van der Waals surface area contributed by atoms with E-state index in [1.54, 1.807) is 6.08 Å². The van der Waals surface area contributed by atoms with Crippen LogP contribution in [0.25, 0.3) is 16.5 Å². The van der Waals surface area contributed by atoms with E-state index >= 15 is 0 Å². The molecule has 23 heavy (non-hydrogen) atoms. The molecule has 1 heterocycles. The molecule has 0 atom stereocenters. The van der Waals surface area contributed by atoms with Crippen LogP contribution in [0.1, 0.15) is 45.7 Å².